The minimum atomic E-state index is -0.319. The molecule has 1 aromatic carbocycles. The Hall–Kier alpha value is -2.07. The molecule has 0 aliphatic rings. The van der Waals surface area contributed by atoms with E-state index in [1.54, 1.807) is 12.3 Å². The average Bonchev–Trinajstić information content (AvgIpc) is 3.01. The first-order valence-electron chi connectivity index (χ1n) is 6.74. The van der Waals surface area contributed by atoms with Crippen LogP contribution < -0.4 is 11.1 Å². The molecule has 1 heterocycles. The van der Waals surface area contributed by atoms with Gasteiger partial charge in [0, 0.05) is 6.04 Å². The number of nitrogens with one attached hydrogen (secondary N) is 1. The van der Waals surface area contributed by atoms with Gasteiger partial charge in [0.1, 0.15) is 5.76 Å². The van der Waals surface area contributed by atoms with Crippen LogP contribution in [0.4, 0.5) is 0 Å². The molecule has 0 spiro atoms. The molecule has 106 valence electrons. The highest BCUT2D eigenvalue weighted by atomic mass is 16.3. The van der Waals surface area contributed by atoms with Gasteiger partial charge in [0.05, 0.1) is 18.2 Å². The second-order valence-corrected chi connectivity index (χ2v) is 4.97. The van der Waals surface area contributed by atoms with Crippen molar-refractivity contribution in [1.29, 1.82) is 0 Å². The fourth-order valence-electron chi connectivity index (χ4n) is 2.08. The van der Waals surface area contributed by atoms with E-state index in [4.69, 9.17) is 10.2 Å². The molecule has 0 aliphatic carbocycles. The molecule has 2 rings (SSSR count). The zero-order chi connectivity index (χ0) is 14.5. The minimum absolute atomic E-state index is 0.0785. The van der Waals surface area contributed by atoms with E-state index in [-0.39, 0.29) is 23.9 Å². The smallest absolute Gasteiger partial charge is 0.225 e. The summed E-state index contributed by atoms with van der Waals surface area (Å²) in [4.78, 5) is 12.2. The van der Waals surface area contributed by atoms with Crippen molar-refractivity contribution in [2.45, 2.75) is 25.9 Å². The van der Waals surface area contributed by atoms with Crippen LogP contribution in [0.1, 0.15) is 37.3 Å². The van der Waals surface area contributed by atoms with Crippen LogP contribution >= 0.6 is 0 Å². The summed E-state index contributed by atoms with van der Waals surface area (Å²) >= 11 is 0. The van der Waals surface area contributed by atoms with Gasteiger partial charge in [0.15, 0.2) is 0 Å². The largest absolute Gasteiger partial charge is 0.467 e. The molecule has 0 bridgehead atoms. The van der Waals surface area contributed by atoms with Crippen LogP contribution in [-0.2, 0) is 4.79 Å². The second kappa shape index (κ2) is 6.39. The van der Waals surface area contributed by atoms with E-state index in [2.05, 4.69) is 5.32 Å². The van der Waals surface area contributed by atoms with E-state index in [0.717, 1.165) is 11.3 Å². The summed E-state index contributed by atoms with van der Waals surface area (Å²) < 4.78 is 5.28. The molecule has 0 aliphatic heterocycles. The summed E-state index contributed by atoms with van der Waals surface area (Å²) in [7, 11) is 0. The van der Waals surface area contributed by atoms with Crippen LogP contribution in [0, 0.1) is 5.92 Å². The van der Waals surface area contributed by atoms with E-state index in [1.165, 1.54) is 0 Å². The van der Waals surface area contributed by atoms with Gasteiger partial charge in [0.25, 0.3) is 0 Å². The molecule has 3 N–H and O–H groups in total. The van der Waals surface area contributed by atoms with Gasteiger partial charge < -0.3 is 15.5 Å². The Morgan fingerprint density at radius 2 is 1.85 bits per heavy atom. The van der Waals surface area contributed by atoms with Crippen LogP contribution in [-0.4, -0.2) is 5.91 Å². The molecule has 4 heteroatoms. The molecule has 0 saturated heterocycles. The van der Waals surface area contributed by atoms with Crippen LogP contribution in [0.15, 0.2) is 53.1 Å². The summed E-state index contributed by atoms with van der Waals surface area (Å²) in [6, 6.07) is 12.8. The number of carbonyl (C=O) groups is 1. The molecule has 2 aromatic rings. The maximum atomic E-state index is 12.2. The third kappa shape index (κ3) is 3.27. The van der Waals surface area contributed by atoms with Crippen molar-refractivity contribution in [2.24, 2.45) is 11.7 Å². The average molecular weight is 272 g/mol. The molecule has 20 heavy (non-hydrogen) atoms. The molecule has 0 radical (unpaired) electrons. The topological polar surface area (TPSA) is 68.3 Å². The lowest BCUT2D eigenvalue weighted by molar-refractivity contribution is -0.125. The summed E-state index contributed by atoms with van der Waals surface area (Å²) in [6.45, 7) is 3.72. The third-order valence-corrected chi connectivity index (χ3v) is 3.47. The van der Waals surface area contributed by atoms with Crippen LogP contribution in [0.25, 0.3) is 0 Å². The Kier molecular flexibility index (Phi) is 4.58. The summed E-state index contributed by atoms with van der Waals surface area (Å²) in [5, 5.41) is 2.92. The van der Waals surface area contributed by atoms with Gasteiger partial charge in [-0.15, -0.1) is 0 Å². The number of rotatable bonds is 5. The molecule has 1 aromatic heterocycles. The maximum Gasteiger partial charge on any atom is 0.225 e. The van der Waals surface area contributed by atoms with Gasteiger partial charge in [-0.3, -0.25) is 4.79 Å². The molecule has 0 fully saturated rings. The lowest BCUT2D eigenvalue weighted by atomic mass is 9.94. The molecule has 1 amide bonds. The number of hydrogen-bond donors (Lipinski definition) is 2. The molecule has 0 saturated carbocycles. The Morgan fingerprint density at radius 1 is 1.15 bits per heavy atom. The first-order chi connectivity index (χ1) is 9.59. The summed E-state index contributed by atoms with van der Waals surface area (Å²) in [5.41, 5.74) is 7.11. The Balaban J connectivity index is 1.98. The Labute approximate surface area is 119 Å². The summed E-state index contributed by atoms with van der Waals surface area (Å²) in [6.07, 6.45) is 1.59. The number of benzene rings is 1. The van der Waals surface area contributed by atoms with Gasteiger partial charge >= 0.3 is 0 Å². The van der Waals surface area contributed by atoms with Crippen molar-refractivity contribution in [3.63, 3.8) is 0 Å². The standard InChI is InChI=1S/C16H20N2O2/c1-11(15(17)13-7-4-3-5-8-13)16(19)18-12(2)14-9-6-10-20-14/h3-12,15H,17H2,1-2H3,(H,18,19). The highest BCUT2D eigenvalue weighted by Gasteiger charge is 2.24. The first-order valence-corrected chi connectivity index (χ1v) is 6.74. The van der Waals surface area contributed by atoms with E-state index in [1.807, 2.05) is 50.2 Å². The van der Waals surface area contributed by atoms with Gasteiger partial charge in [0.2, 0.25) is 5.91 Å². The number of hydrogen-bond acceptors (Lipinski definition) is 3. The third-order valence-electron chi connectivity index (χ3n) is 3.47. The van der Waals surface area contributed by atoms with Crippen LogP contribution in [0.3, 0.4) is 0 Å². The fourth-order valence-corrected chi connectivity index (χ4v) is 2.08. The van der Waals surface area contributed by atoms with Crippen molar-refractivity contribution < 1.29 is 9.21 Å². The zero-order valence-electron chi connectivity index (χ0n) is 11.7. The first kappa shape index (κ1) is 14.3. The molecular weight excluding hydrogens is 252 g/mol. The van der Waals surface area contributed by atoms with Gasteiger partial charge in [-0.05, 0) is 24.6 Å². The minimum Gasteiger partial charge on any atom is -0.467 e. The van der Waals surface area contributed by atoms with Gasteiger partial charge in [-0.1, -0.05) is 37.3 Å². The molecule has 3 atom stereocenters. The van der Waals surface area contributed by atoms with E-state index in [0.29, 0.717) is 0 Å². The number of carbonyl (C=O) groups excluding carboxylic acids is 1. The van der Waals surface area contributed by atoms with Gasteiger partial charge in [-0.2, -0.15) is 0 Å². The maximum absolute atomic E-state index is 12.2. The van der Waals surface area contributed by atoms with Crippen molar-refractivity contribution in [3.8, 4) is 0 Å². The Bertz CT molecular complexity index is 537. The normalized spacial score (nSPS) is 15.3. The highest BCUT2D eigenvalue weighted by Crippen LogP contribution is 2.20. The molecular formula is C16H20N2O2. The monoisotopic (exact) mass is 272 g/mol. The lowest BCUT2D eigenvalue weighted by Gasteiger charge is -2.21. The molecule has 4 nitrogen and oxygen atoms in total. The van der Waals surface area contributed by atoms with Crippen LogP contribution in [0.2, 0.25) is 0 Å². The van der Waals surface area contributed by atoms with Crippen molar-refractivity contribution in [3.05, 3.63) is 60.1 Å². The van der Waals surface area contributed by atoms with E-state index in [9.17, 15) is 4.79 Å². The zero-order valence-corrected chi connectivity index (χ0v) is 11.7. The van der Waals surface area contributed by atoms with Crippen LogP contribution in [0.5, 0.6) is 0 Å². The molecule has 3 unspecified atom stereocenters. The fraction of sp³-hybridized carbons (Fsp3) is 0.312. The SMILES string of the molecule is CC(NC(=O)C(C)C(N)c1ccccc1)c1ccco1. The van der Waals surface area contributed by atoms with E-state index >= 15 is 0 Å². The summed E-state index contributed by atoms with van der Waals surface area (Å²) in [5.74, 6) is 0.346. The van der Waals surface area contributed by atoms with Crippen molar-refractivity contribution in [2.75, 3.05) is 0 Å². The quantitative estimate of drug-likeness (QED) is 0.879. The predicted octanol–water partition coefficient (Wildman–Crippen LogP) is 2.79. The van der Waals surface area contributed by atoms with E-state index < -0.39 is 0 Å². The van der Waals surface area contributed by atoms with Crippen molar-refractivity contribution in [1.82, 2.24) is 5.32 Å². The number of amides is 1. The van der Waals surface area contributed by atoms with Crippen molar-refractivity contribution >= 4 is 5.91 Å². The highest BCUT2D eigenvalue weighted by molar-refractivity contribution is 5.79. The lowest BCUT2D eigenvalue weighted by Crippen LogP contribution is -2.36. The number of nitrogens with two attached hydrogens (primary N) is 1. The van der Waals surface area contributed by atoms with Gasteiger partial charge in [-0.25, -0.2) is 0 Å². The second-order valence-electron chi connectivity index (χ2n) is 4.97. The number of furan rings is 1. The Morgan fingerprint density at radius 3 is 2.45 bits per heavy atom. The predicted molar refractivity (Wildman–Crippen MR) is 77.8 cm³/mol.